The Hall–Kier alpha value is -2.26. The Morgan fingerprint density at radius 3 is 2.60 bits per heavy atom. The lowest BCUT2D eigenvalue weighted by Crippen LogP contribution is -2.25. The molecule has 1 aliphatic heterocycles. The van der Waals surface area contributed by atoms with E-state index in [9.17, 15) is 5.11 Å². The molecule has 3 nitrogen and oxygen atoms in total. The molecule has 1 heterocycles. The predicted octanol–water partition coefficient (Wildman–Crippen LogP) is 4.24. The number of fused-ring (bicyclic) bond motifs is 1. The molecule has 1 saturated heterocycles. The first-order valence-electron chi connectivity index (χ1n) is 9.27. The van der Waals surface area contributed by atoms with Crippen LogP contribution in [0.1, 0.15) is 36.0 Å². The van der Waals surface area contributed by atoms with E-state index in [1.807, 2.05) is 12.1 Å². The molecule has 0 bridgehead atoms. The van der Waals surface area contributed by atoms with Gasteiger partial charge in [-0.1, -0.05) is 24.3 Å². The molecule has 1 N–H and O–H groups in total. The third kappa shape index (κ3) is 3.72. The van der Waals surface area contributed by atoms with Crippen molar-refractivity contribution in [1.82, 2.24) is 4.90 Å². The van der Waals surface area contributed by atoms with Gasteiger partial charge in [0.15, 0.2) is 0 Å². The van der Waals surface area contributed by atoms with E-state index in [4.69, 9.17) is 4.74 Å². The summed E-state index contributed by atoms with van der Waals surface area (Å²) in [5.74, 6) is 1.28. The number of rotatable bonds is 5. The minimum Gasteiger partial charge on any atom is -0.508 e. The third-order valence-corrected chi connectivity index (χ3v) is 5.18. The van der Waals surface area contributed by atoms with Crippen LogP contribution in [0.25, 0.3) is 5.57 Å². The molecule has 4 rings (SSSR count). The molecule has 0 amide bonds. The SMILES string of the molecule is Oc1ccc2c(c1)CCC=C2c1ccc(OCCN2CCCC2)cc1. The Kier molecular flexibility index (Phi) is 4.75. The van der Waals surface area contributed by atoms with Crippen LogP contribution in [0.3, 0.4) is 0 Å². The zero-order valence-corrected chi connectivity index (χ0v) is 14.6. The molecule has 0 atom stereocenters. The first-order chi connectivity index (χ1) is 12.3. The Labute approximate surface area is 149 Å². The molecule has 0 spiro atoms. The largest absolute Gasteiger partial charge is 0.508 e. The van der Waals surface area contributed by atoms with Crippen molar-refractivity contribution in [2.24, 2.45) is 0 Å². The average Bonchev–Trinajstić information content (AvgIpc) is 3.15. The second-order valence-electron chi connectivity index (χ2n) is 6.92. The number of hydrogen-bond donors (Lipinski definition) is 1. The van der Waals surface area contributed by atoms with Gasteiger partial charge in [0, 0.05) is 6.54 Å². The summed E-state index contributed by atoms with van der Waals surface area (Å²) >= 11 is 0. The highest BCUT2D eigenvalue weighted by Crippen LogP contribution is 2.34. The summed E-state index contributed by atoms with van der Waals surface area (Å²) in [5, 5.41) is 9.70. The van der Waals surface area contributed by atoms with E-state index in [1.54, 1.807) is 6.07 Å². The standard InChI is InChI=1S/C22H25NO2/c24-19-8-11-22-18(16-19)4-3-5-21(22)17-6-9-20(10-7-17)25-15-14-23-12-1-2-13-23/h5-11,16,24H,1-4,12-15H2. The molecule has 2 aliphatic rings. The van der Waals surface area contributed by atoms with Gasteiger partial charge in [0.1, 0.15) is 18.1 Å². The maximum absolute atomic E-state index is 9.70. The lowest BCUT2D eigenvalue weighted by molar-refractivity contribution is 0.238. The summed E-state index contributed by atoms with van der Waals surface area (Å²) in [4.78, 5) is 2.47. The lowest BCUT2D eigenvalue weighted by Gasteiger charge is -2.19. The van der Waals surface area contributed by atoms with Crippen molar-refractivity contribution in [3.05, 3.63) is 65.2 Å². The van der Waals surface area contributed by atoms with Gasteiger partial charge in [0.05, 0.1) is 0 Å². The van der Waals surface area contributed by atoms with Gasteiger partial charge in [-0.05, 0) is 85.3 Å². The Morgan fingerprint density at radius 1 is 1.00 bits per heavy atom. The van der Waals surface area contributed by atoms with Crippen molar-refractivity contribution in [2.45, 2.75) is 25.7 Å². The normalized spacial score (nSPS) is 17.2. The summed E-state index contributed by atoms with van der Waals surface area (Å²) in [5.41, 5.74) is 4.92. The number of likely N-dealkylation sites (tertiary alicyclic amines) is 1. The third-order valence-electron chi connectivity index (χ3n) is 5.18. The fourth-order valence-corrected chi connectivity index (χ4v) is 3.83. The van der Waals surface area contributed by atoms with Crippen LogP contribution in [0.4, 0.5) is 0 Å². The maximum Gasteiger partial charge on any atom is 0.119 e. The first-order valence-corrected chi connectivity index (χ1v) is 9.27. The number of phenols is 1. The van der Waals surface area contributed by atoms with Gasteiger partial charge < -0.3 is 9.84 Å². The van der Waals surface area contributed by atoms with Crippen LogP contribution >= 0.6 is 0 Å². The van der Waals surface area contributed by atoms with Crippen LogP contribution in [-0.2, 0) is 6.42 Å². The van der Waals surface area contributed by atoms with Crippen LogP contribution in [0.15, 0.2) is 48.5 Å². The van der Waals surface area contributed by atoms with Gasteiger partial charge in [0.25, 0.3) is 0 Å². The number of phenolic OH excluding ortho intramolecular Hbond substituents is 1. The molecule has 2 aromatic carbocycles. The molecule has 1 fully saturated rings. The molecule has 0 radical (unpaired) electrons. The van der Waals surface area contributed by atoms with Crippen molar-refractivity contribution in [1.29, 1.82) is 0 Å². The molecular weight excluding hydrogens is 310 g/mol. The Balaban J connectivity index is 1.43. The van der Waals surface area contributed by atoms with E-state index < -0.39 is 0 Å². The topological polar surface area (TPSA) is 32.7 Å². The fraction of sp³-hybridized carbons (Fsp3) is 0.364. The Bertz CT molecular complexity index is 758. The first kappa shape index (κ1) is 16.2. The number of nitrogens with zero attached hydrogens (tertiary/aromatic N) is 1. The number of aromatic hydroxyl groups is 1. The number of allylic oxidation sites excluding steroid dienone is 1. The van der Waals surface area contributed by atoms with Crippen LogP contribution in [0.2, 0.25) is 0 Å². The van der Waals surface area contributed by atoms with Crippen molar-refractivity contribution in [3.8, 4) is 11.5 Å². The van der Waals surface area contributed by atoms with E-state index in [2.05, 4.69) is 35.2 Å². The fourth-order valence-electron chi connectivity index (χ4n) is 3.83. The zero-order chi connectivity index (χ0) is 17.1. The van der Waals surface area contributed by atoms with Crippen molar-refractivity contribution in [2.75, 3.05) is 26.2 Å². The molecule has 3 heteroatoms. The summed E-state index contributed by atoms with van der Waals surface area (Å²) < 4.78 is 5.90. The monoisotopic (exact) mass is 335 g/mol. The minimum atomic E-state index is 0.349. The minimum absolute atomic E-state index is 0.349. The van der Waals surface area contributed by atoms with Gasteiger partial charge in [-0.3, -0.25) is 4.90 Å². The van der Waals surface area contributed by atoms with Crippen molar-refractivity contribution < 1.29 is 9.84 Å². The average molecular weight is 335 g/mol. The van der Waals surface area contributed by atoms with Crippen molar-refractivity contribution in [3.63, 3.8) is 0 Å². The predicted molar refractivity (Wildman–Crippen MR) is 101 cm³/mol. The van der Waals surface area contributed by atoms with Gasteiger partial charge in [-0.25, -0.2) is 0 Å². The van der Waals surface area contributed by atoms with Crippen molar-refractivity contribution >= 4 is 5.57 Å². The molecule has 0 unspecified atom stereocenters. The van der Waals surface area contributed by atoms with E-state index in [0.29, 0.717) is 5.75 Å². The van der Waals surface area contributed by atoms with Gasteiger partial charge >= 0.3 is 0 Å². The highest BCUT2D eigenvalue weighted by atomic mass is 16.5. The highest BCUT2D eigenvalue weighted by molar-refractivity contribution is 5.83. The van der Waals surface area contributed by atoms with Gasteiger partial charge in [-0.2, -0.15) is 0 Å². The van der Waals surface area contributed by atoms with E-state index in [-0.39, 0.29) is 0 Å². The number of hydrogen-bond acceptors (Lipinski definition) is 3. The molecule has 2 aromatic rings. The Morgan fingerprint density at radius 2 is 1.80 bits per heavy atom. The van der Waals surface area contributed by atoms with Gasteiger partial charge in [-0.15, -0.1) is 0 Å². The molecular formula is C22H25NO2. The summed E-state index contributed by atoms with van der Waals surface area (Å²) in [6.07, 6.45) is 6.94. The lowest BCUT2D eigenvalue weighted by atomic mass is 9.87. The molecule has 0 saturated carbocycles. The quantitative estimate of drug-likeness (QED) is 0.887. The second kappa shape index (κ2) is 7.32. The highest BCUT2D eigenvalue weighted by Gasteiger charge is 2.15. The van der Waals surface area contributed by atoms with Crippen LogP contribution < -0.4 is 4.74 Å². The van der Waals surface area contributed by atoms with E-state index >= 15 is 0 Å². The maximum atomic E-state index is 9.70. The van der Waals surface area contributed by atoms with Gasteiger partial charge in [0.2, 0.25) is 0 Å². The van der Waals surface area contributed by atoms with Crippen LogP contribution in [0, 0.1) is 0 Å². The van der Waals surface area contributed by atoms with Crippen LogP contribution in [-0.4, -0.2) is 36.2 Å². The molecule has 0 aromatic heterocycles. The van der Waals surface area contributed by atoms with E-state index in [1.165, 1.54) is 48.2 Å². The molecule has 130 valence electrons. The van der Waals surface area contributed by atoms with Crippen LogP contribution in [0.5, 0.6) is 11.5 Å². The summed E-state index contributed by atoms with van der Waals surface area (Å²) in [6, 6.07) is 14.1. The second-order valence-corrected chi connectivity index (χ2v) is 6.92. The zero-order valence-electron chi connectivity index (χ0n) is 14.6. The summed E-state index contributed by atoms with van der Waals surface area (Å²) in [6.45, 7) is 4.20. The number of aryl methyl sites for hydroxylation is 1. The molecule has 1 aliphatic carbocycles. The van der Waals surface area contributed by atoms with E-state index in [0.717, 1.165) is 31.7 Å². The smallest absolute Gasteiger partial charge is 0.119 e. The molecule has 25 heavy (non-hydrogen) atoms. The number of benzene rings is 2. The summed E-state index contributed by atoms with van der Waals surface area (Å²) in [7, 11) is 0. The number of ether oxygens (including phenoxy) is 1.